The molecule has 0 saturated heterocycles. The van der Waals surface area contributed by atoms with Crippen LogP contribution in [0, 0.1) is 75.4 Å². The zero-order chi connectivity index (χ0) is 6.71. The Kier molecular flexibility index (Phi) is 229. The first kappa shape index (κ1) is 22.8. The summed E-state index contributed by atoms with van der Waals surface area (Å²) in [7, 11) is 0. The molecule has 0 unspecified atom stereocenters. The molecule has 55 valence electrons. The summed E-state index contributed by atoms with van der Waals surface area (Å²) in [6.45, 7) is 11.8. The summed E-state index contributed by atoms with van der Waals surface area (Å²) in [5, 5.41) is 0. The minimum atomic E-state index is 0. The first-order valence-electron chi connectivity index (χ1n) is 1.90. The van der Waals surface area contributed by atoms with Crippen LogP contribution in [0.25, 0.3) is 0 Å². The maximum atomic E-state index is 5.81. The molecule has 0 bridgehead atoms. The molecule has 0 radical (unpaired) electrons. The number of nitrogens with one attached hydrogen (secondary N) is 1. The minimum absolute atomic E-state index is 0. The fourth-order valence-corrected chi connectivity index (χ4v) is 0. The number of rotatable bonds is 0. The van der Waals surface area contributed by atoms with Crippen LogP contribution in [-0.2, 0) is 0 Å². The van der Waals surface area contributed by atoms with Crippen LogP contribution in [0.15, 0.2) is 0 Å². The molecule has 0 aromatic rings. The number of hydrogen-bond donors (Lipinski definition) is 1. The first-order chi connectivity index (χ1) is 3.41. The van der Waals surface area contributed by atoms with Crippen LogP contribution in [0.4, 0.5) is 0 Å². The predicted molar refractivity (Wildman–Crippen MR) is 35.5 cm³/mol. The summed E-state index contributed by atoms with van der Waals surface area (Å²) >= 11 is 0.972. The molecular weight excluding hydrogens is 238 g/mol. The van der Waals surface area contributed by atoms with Crippen LogP contribution in [0.2, 0.25) is 0 Å². The van der Waals surface area contributed by atoms with Gasteiger partial charge in [0.15, 0.2) is 0 Å². The standard InChI is InChI=1S/C3H6.C2H5.CH3.Eu.HN/c1-3-2;1-2;;;/h1-3H2;1H2,2H3;1H3;;1H/q-2;2*-1;;. The fourth-order valence-electron chi connectivity index (χ4n) is 0. The van der Waals surface area contributed by atoms with Gasteiger partial charge in [-0.1, -0.05) is 0 Å². The molecule has 0 aliphatic rings. The van der Waals surface area contributed by atoms with Gasteiger partial charge in [0.1, 0.15) is 0 Å². The molecule has 0 aromatic heterocycles. The maximum absolute atomic E-state index is 5.81. The van der Waals surface area contributed by atoms with E-state index in [2.05, 4.69) is 20.8 Å². The van der Waals surface area contributed by atoms with Gasteiger partial charge < -0.3 is 34.6 Å². The molecule has 0 saturated carbocycles. The van der Waals surface area contributed by atoms with Crippen molar-refractivity contribution in [3.8, 4) is 0 Å². The second kappa shape index (κ2) is 80.4. The Bertz CT molecular complexity index is 12.5. The summed E-state index contributed by atoms with van der Waals surface area (Å²) < 4.78 is 5.81. The summed E-state index contributed by atoms with van der Waals surface area (Å²) in [6.07, 6.45) is 0.750. The first-order valence-corrected chi connectivity index (χ1v) is 3.11. The Hall–Kier alpha value is 1.38. The molecule has 0 atom stereocenters. The van der Waals surface area contributed by atoms with E-state index in [1.807, 2.05) is 0 Å². The summed E-state index contributed by atoms with van der Waals surface area (Å²) in [6, 6.07) is 0. The van der Waals surface area contributed by atoms with Crippen LogP contribution < -0.4 is 0 Å². The second-order valence-corrected chi connectivity index (χ2v) is 0.354. The third-order valence-electron chi connectivity index (χ3n) is 0. The molecule has 0 spiro atoms. The Morgan fingerprint density at radius 2 is 1.25 bits per heavy atom. The van der Waals surface area contributed by atoms with Crippen molar-refractivity contribution < 1.29 is 46.9 Å². The van der Waals surface area contributed by atoms with E-state index < -0.39 is 0 Å². The molecule has 1 N–H and O–H groups in total. The van der Waals surface area contributed by atoms with Crippen molar-refractivity contribution in [2.75, 3.05) is 0 Å². The van der Waals surface area contributed by atoms with Gasteiger partial charge in [-0.25, -0.2) is 0 Å². The van der Waals surface area contributed by atoms with E-state index in [0.717, 1.165) is 53.4 Å². The topological polar surface area (TPSA) is 23.9 Å². The predicted octanol–water partition coefficient (Wildman–Crippen LogP) is 2.63. The van der Waals surface area contributed by atoms with Crippen molar-refractivity contribution in [2.45, 2.75) is 13.3 Å². The quantitative estimate of drug-likeness (QED) is 0.642. The molecule has 0 fully saturated rings. The Morgan fingerprint density at radius 3 is 1.25 bits per heavy atom. The van der Waals surface area contributed by atoms with Crippen LogP contribution >= 0.6 is 0 Å². The van der Waals surface area contributed by atoms with Gasteiger partial charge in [0, 0.05) is 0 Å². The van der Waals surface area contributed by atoms with Gasteiger partial charge >= 0.3 is 47.2 Å². The Morgan fingerprint density at radius 1 is 1.25 bits per heavy atom. The number of hydrogen-bond acceptors (Lipinski definition) is 1. The van der Waals surface area contributed by atoms with E-state index in [-0.39, 0.29) is 7.43 Å². The molecule has 1 nitrogen and oxygen atoms in total. The third-order valence-corrected chi connectivity index (χ3v) is 0. The molecule has 2 heteroatoms. The molecule has 0 heterocycles. The van der Waals surface area contributed by atoms with Crippen LogP contribution in [0.5, 0.6) is 0 Å². The van der Waals surface area contributed by atoms with Crippen molar-refractivity contribution in [3.05, 3.63) is 28.2 Å². The van der Waals surface area contributed by atoms with Gasteiger partial charge in [-0.15, -0.1) is 0 Å². The SMILES string of the molecule is [CH2-]C.[CH2-]C[CH2-].[CH3-].[NH]=[Eu]. The molecule has 0 aliphatic heterocycles. The van der Waals surface area contributed by atoms with E-state index in [0.29, 0.717) is 0 Å². The zero-order valence-corrected chi connectivity index (χ0v) is 8.13. The monoisotopic (exact) mass is 254 g/mol. The van der Waals surface area contributed by atoms with Crippen molar-refractivity contribution in [2.24, 2.45) is 0 Å². The zero-order valence-electron chi connectivity index (χ0n) is 5.71. The molecule has 0 aromatic carbocycles. The van der Waals surface area contributed by atoms with Crippen LogP contribution in [0.1, 0.15) is 13.3 Å². The molecule has 0 rings (SSSR count). The average Bonchev–Trinajstić information content (AvgIpc) is 1.78. The normalized spacial score (nSPS) is 3.50. The summed E-state index contributed by atoms with van der Waals surface area (Å²) in [5.41, 5.74) is 0. The second-order valence-electron chi connectivity index (χ2n) is 0.354. The van der Waals surface area contributed by atoms with Gasteiger partial charge in [0.2, 0.25) is 0 Å². The van der Waals surface area contributed by atoms with Crippen molar-refractivity contribution in [1.82, 2.24) is 0 Å². The fraction of sp³-hybridized carbons (Fsp3) is 0.333. The van der Waals surface area contributed by atoms with Gasteiger partial charge in [-0.2, -0.15) is 6.92 Å². The average molecular weight is 253 g/mol. The van der Waals surface area contributed by atoms with Gasteiger partial charge in [0.05, 0.1) is 0 Å². The van der Waals surface area contributed by atoms with Crippen molar-refractivity contribution in [1.29, 1.82) is 0.272 Å². The third kappa shape index (κ3) is 157. The Labute approximate surface area is 87.4 Å². The summed E-state index contributed by atoms with van der Waals surface area (Å²) in [5.74, 6) is 0. The van der Waals surface area contributed by atoms with E-state index in [1.54, 1.807) is 6.92 Å². The van der Waals surface area contributed by atoms with Crippen LogP contribution in [0.3, 0.4) is 0 Å². The summed E-state index contributed by atoms with van der Waals surface area (Å²) in [4.78, 5) is 0. The van der Waals surface area contributed by atoms with E-state index in [4.69, 9.17) is 0.272 Å². The van der Waals surface area contributed by atoms with E-state index >= 15 is 0 Å². The Balaban J connectivity index is -0.0000000147. The van der Waals surface area contributed by atoms with Gasteiger partial charge in [0.25, 0.3) is 0 Å². The van der Waals surface area contributed by atoms with Crippen molar-refractivity contribution in [3.63, 3.8) is 0 Å². The molecule has 0 aliphatic carbocycles. The van der Waals surface area contributed by atoms with Crippen LogP contribution in [-0.4, -0.2) is 0 Å². The molecule has 0 amide bonds. The van der Waals surface area contributed by atoms with E-state index in [9.17, 15) is 0 Å². The molecule has 8 heavy (non-hydrogen) atoms. The van der Waals surface area contributed by atoms with Gasteiger partial charge in [-0.05, 0) is 0 Å². The molecular formula is C6H15EuN-4. The van der Waals surface area contributed by atoms with E-state index in [1.165, 1.54) is 0 Å². The van der Waals surface area contributed by atoms with Gasteiger partial charge in [-0.3, -0.25) is 0 Å². The van der Waals surface area contributed by atoms with Crippen molar-refractivity contribution >= 4 is 0 Å².